The van der Waals surface area contributed by atoms with Gasteiger partial charge >= 0.3 is 5.97 Å². The Bertz CT molecular complexity index is 789. The van der Waals surface area contributed by atoms with Crippen LogP contribution in [0.4, 0.5) is 5.82 Å². The number of nitrogen functional groups attached to an aromatic ring is 1. The maximum absolute atomic E-state index is 11.4. The molecule has 136 valence electrons. The van der Waals surface area contributed by atoms with E-state index in [4.69, 9.17) is 15.2 Å². The normalized spacial score (nSPS) is 16.0. The van der Waals surface area contributed by atoms with Gasteiger partial charge in [0.1, 0.15) is 10.6 Å². The third-order valence-electron chi connectivity index (χ3n) is 4.00. The Labute approximate surface area is 155 Å². The van der Waals surface area contributed by atoms with Gasteiger partial charge in [0.25, 0.3) is 0 Å². The summed E-state index contributed by atoms with van der Waals surface area (Å²) in [4.78, 5) is 22.6. The second-order valence-corrected chi connectivity index (χ2v) is 8.70. The van der Waals surface area contributed by atoms with Crippen LogP contribution < -0.4 is 5.73 Å². The van der Waals surface area contributed by atoms with Crippen LogP contribution >= 0.6 is 23.1 Å². The number of carbonyl (C=O) groups excluding carboxylic acids is 1. The number of carbonyl (C=O) groups is 1. The maximum atomic E-state index is 11.4. The Kier molecular flexibility index (Phi) is 5.50. The fourth-order valence-electron chi connectivity index (χ4n) is 2.83. The molecule has 2 aromatic heterocycles. The van der Waals surface area contributed by atoms with Crippen LogP contribution in [0, 0.1) is 0 Å². The molecule has 0 saturated carbocycles. The molecule has 6 nitrogen and oxygen atoms in total. The number of thiophene rings is 1. The Hall–Kier alpha value is -1.38. The first kappa shape index (κ1) is 18.4. The summed E-state index contributed by atoms with van der Waals surface area (Å²) >= 11 is 3.16. The first-order chi connectivity index (χ1) is 11.9. The van der Waals surface area contributed by atoms with E-state index in [9.17, 15) is 4.79 Å². The van der Waals surface area contributed by atoms with Gasteiger partial charge in [0.05, 0.1) is 24.2 Å². The summed E-state index contributed by atoms with van der Waals surface area (Å²) < 4.78 is 10.8. The van der Waals surface area contributed by atoms with Crippen LogP contribution in [0.5, 0.6) is 0 Å². The quantitative estimate of drug-likeness (QED) is 0.354. The van der Waals surface area contributed by atoms with E-state index in [2.05, 4.69) is 23.8 Å². The molecule has 0 aromatic carbocycles. The molecular formula is C17H23N3O3S2. The highest BCUT2D eigenvalue weighted by atomic mass is 32.2. The predicted octanol–water partition coefficient (Wildman–Crippen LogP) is 3.56. The van der Waals surface area contributed by atoms with E-state index < -0.39 is 0 Å². The molecule has 3 rings (SSSR count). The lowest BCUT2D eigenvalue weighted by Gasteiger charge is -2.30. The van der Waals surface area contributed by atoms with Crippen molar-refractivity contribution in [3.63, 3.8) is 0 Å². The van der Waals surface area contributed by atoms with E-state index in [1.807, 2.05) is 6.92 Å². The zero-order chi connectivity index (χ0) is 18.0. The van der Waals surface area contributed by atoms with Gasteiger partial charge in [-0.1, -0.05) is 11.8 Å². The maximum Gasteiger partial charge on any atom is 0.305 e. The van der Waals surface area contributed by atoms with Crippen molar-refractivity contribution in [1.82, 2.24) is 9.97 Å². The summed E-state index contributed by atoms with van der Waals surface area (Å²) in [5.74, 6) is 1.13. The van der Waals surface area contributed by atoms with Crippen molar-refractivity contribution >= 4 is 45.1 Å². The first-order valence-corrected chi connectivity index (χ1v) is 10.2. The van der Waals surface area contributed by atoms with E-state index >= 15 is 0 Å². The molecule has 2 aromatic rings. The molecule has 3 heterocycles. The van der Waals surface area contributed by atoms with Crippen LogP contribution in [0.2, 0.25) is 0 Å². The van der Waals surface area contributed by atoms with Gasteiger partial charge in [-0.3, -0.25) is 4.79 Å². The molecule has 0 aliphatic carbocycles. The lowest BCUT2D eigenvalue weighted by molar-refractivity contribution is -0.143. The summed E-state index contributed by atoms with van der Waals surface area (Å²) in [6.07, 6.45) is 1.97. The number of aromatic nitrogens is 2. The molecule has 0 radical (unpaired) electrons. The van der Waals surface area contributed by atoms with E-state index in [-0.39, 0.29) is 11.6 Å². The third kappa shape index (κ3) is 4.24. The highest BCUT2D eigenvalue weighted by Gasteiger charge is 2.30. The minimum absolute atomic E-state index is 0.160. The molecule has 0 saturated heterocycles. The second kappa shape index (κ2) is 7.47. The van der Waals surface area contributed by atoms with E-state index in [1.54, 1.807) is 11.3 Å². The van der Waals surface area contributed by atoms with Crippen LogP contribution in [-0.2, 0) is 27.3 Å². The zero-order valence-electron chi connectivity index (χ0n) is 14.8. The van der Waals surface area contributed by atoms with Crippen molar-refractivity contribution in [2.24, 2.45) is 0 Å². The fraction of sp³-hybridized carbons (Fsp3) is 0.588. The number of rotatable bonds is 6. The van der Waals surface area contributed by atoms with Crippen molar-refractivity contribution in [3.8, 4) is 0 Å². The van der Waals surface area contributed by atoms with E-state index in [0.717, 1.165) is 28.8 Å². The summed E-state index contributed by atoms with van der Waals surface area (Å²) in [5.41, 5.74) is 7.28. The molecule has 2 N–H and O–H groups in total. The molecule has 25 heavy (non-hydrogen) atoms. The highest BCUT2D eigenvalue weighted by molar-refractivity contribution is 7.99. The van der Waals surface area contributed by atoms with Crippen molar-refractivity contribution in [2.75, 3.05) is 18.1 Å². The smallest absolute Gasteiger partial charge is 0.305 e. The standard InChI is InChI=1S/C17H23N3O3S2/c1-4-22-12(21)6-5-7-24-16-19-14(18)13-10-8-17(2,3)23-9-11(10)25-15(13)20-16/h4-9H2,1-3H3,(H2,18,19,20). The van der Waals surface area contributed by atoms with Gasteiger partial charge in [-0.15, -0.1) is 11.3 Å². The zero-order valence-corrected chi connectivity index (χ0v) is 16.4. The Balaban J connectivity index is 1.71. The van der Waals surface area contributed by atoms with Crippen LogP contribution in [0.1, 0.15) is 44.1 Å². The highest BCUT2D eigenvalue weighted by Crippen LogP contribution is 2.40. The monoisotopic (exact) mass is 381 g/mol. The summed E-state index contributed by atoms with van der Waals surface area (Å²) in [7, 11) is 0. The lowest BCUT2D eigenvalue weighted by Crippen LogP contribution is -2.31. The molecule has 0 amide bonds. The molecule has 8 heteroatoms. The van der Waals surface area contributed by atoms with Gasteiger partial charge in [-0.05, 0) is 32.8 Å². The topological polar surface area (TPSA) is 87.3 Å². The number of thioether (sulfide) groups is 1. The molecular weight excluding hydrogens is 358 g/mol. The fourth-order valence-corrected chi connectivity index (χ4v) is 4.79. The van der Waals surface area contributed by atoms with Crippen LogP contribution in [0.15, 0.2) is 5.16 Å². The number of hydrogen-bond acceptors (Lipinski definition) is 8. The van der Waals surface area contributed by atoms with Crippen molar-refractivity contribution in [2.45, 2.75) is 57.4 Å². The SMILES string of the molecule is CCOC(=O)CCCSc1nc(N)c2c3c(sc2n1)COC(C)(C)C3. The van der Waals surface area contributed by atoms with E-state index in [0.29, 0.717) is 30.6 Å². The molecule has 0 bridgehead atoms. The number of nitrogens with zero attached hydrogens (tertiary/aromatic N) is 2. The Morgan fingerprint density at radius 2 is 2.24 bits per heavy atom. The molecule has 0 unspecified atom stereocenters. The van der Waals surface area contributed by atoms with Crippen LogP contribution in [-0.4, -0.2) is 33.9 Å². The number of hydrogen-bond donors (Lipinski definition) is 1. The van der Waals surface area contributed by atoms with Gasteiger partial charge < -0.3 is 15.2 Å². The first-order valence-electron chi connectivity index (χ1n) is 8.40. The predicted molar refractivity (Wildman–Crippen MR) is 101 cm³/mol. The summed E-state index contributed by atoms with van der Waals surface area (Å²) in [6.45, 7) is 7.01. The van der Waals surface area contributed by atoms with Crippen molar-refractivity contribution < 1.29 is 14.3 Å². The number of anilines is 1. The molecule has 1 aliphatic rings. The Morgan fingerprint density at radius 3 is 3.00 bits per heavy atom. The van der Waals surface area contributed by atoms with Crippen LogP contribution in [0.3, 0.4) is 0 Å². The van der Waals surface area contributed by atoms with Crippen molar-refractivity contribution in [1.29, 1.82) is 0 Å². The average molecular weight is 382 g/mol. The molecule has 0 fully saturated rings. The van der Waals surface area contributed by atoms with E-state index in [1.165, 1.54) is 22.2 Å². The Morgan fingerprint density at radius 1 is 1.44 bits per heavy atom. The number of esters is 1. The minimum Gasteiger partial charge on any atom is -0.466 e. The number of nitrogens with two attached hydrogens (primary N) is 1. The lowest BCUT2D eigenvalue weighted by atomic mass is 9.94. The largest absolute Gasteiger partial charge is 0.466 e. The van der Waals surface area contributed by atoms with Crippen LogP contribution in [0.25, 0.3) is 10.2 Å². The number of fused-ring (bicyclic) bond motifs is 3. The van der Waals surface area contributed by atoms with Gasteiger partial charge in [0.15, 0.2) is 5.16 Å². The average Bonchev–Trinajstić information content (AvgIpc) is 2.88. The summed E-state index contributed by atoms with van der Waals surface area (Å²) in [6, 6.07) is 0. The molecule has 0 spiro atoms. The van der Waals surface area contributed by atoms with Gasteiger partial charge in [-0.25, -0.2) is 9.97 Å². The van der Waals surface area contributed by atoms with Crippen molar-refractivity contribution in [3.05, 3.63) is 10.4 Å². The minimum atomic E-state index is -0.187. The second-order valence-electron chi connectivity index (χ2n) is 6.56. The van der Waals surface area contributed by atoms with Gasteiger partial charge in [0.2, 0.25) is 0 Å². The third-order valence-corrected chi connectivity index (χ3v) is 6.03. The van der Waals surface area contributed by atoms with Gasteiger partial charge in [-0.2, -0.15) is 0 Å². The molecule has 1 aliphatic heterocycles. The number of ether oxygens (including phenoxy) is 2. The van der Waals surface area contributed by atoms with Gasteiger partial charge in [0, 0.05) is 23.5 Å². The molecule has 0 atom stereocenters. The summed E-state index contributed by atoms with van der Waals surface area (Å²) in [5, 5.41) is 1.64.